The number of carbonyl (C=O) groups is 5. The van der Waals surface area contributed by atoms with E-state index in [-0.39, 0.29) is 28.4 Å². The molecule has 3 aromatic carbocycles. The average Bonchev–Trinajstić information content (AvgIpc) is 3.15. The Morgan fingerprint density at radius 2 is 1.08 bits per heavy atom. The summed E-state index contributed by atoms with van der Waals surface area (Å²) in [6.07, 6.45) is 12.1. The zero-order chi connectivity index (χ0) is 37.3. The van der Waals surface area contributed by atoms with Crippen molar-refractivity contribution in [3.05, 3.63) is 109 Å². The first kappa shape index (κ1) is 41.7. The van der Waals surface area contributed by atoms with Gasteiger partial charge in [-0.25, -0.2) is 14.4 Å². The van der Waals surface area contributed by atoms with E-state index < -0.39 is 17.9 Å². The highest BCUT2D eigenvalue weighted by atomic mass is 16.5. The van der Waals surface area contributed by atoms with Gasteiger partial charge in [0.2, 0.25) is 0 Å². The fourth-order valence-electron chi connectivity index (χ4n) is 4.35. The van der Waals surface area contributed by atoms with Crippen LogP contribution in [0.3, 0.4) is 0 Å². The van der Waals surface area contributed by atoms with Crippen molar-refractivity contribution < 1.29 is 47.7 Å². The molecule has 0 aliphatic carbocycles. The van der Waals surface area contributed by atoms with Crippen molar-refractivity contribution in [3.63, 3.8) is 0 Å². The third-order valence-corrected chi connectivity index (χ3v) is 7.22. The second kappa shape index (κ2) is 24.6. The summed E-state index contributed by atoms with van der Waals surface area (Å²) in [5.41, 5.74) is 0.660. The molecule has 0 saturated heterocycles. The first-order valence-electron chi connectivity index (χ1n) is 17.1. The normalized spacial score (nSPS) is 10.1. The molecule has 10 nitrogen and oxygen atoms in total. The van der Waals surface area contributed by atoms with Crippen LogP contribution in [0.4, 0.5) is 0 Å². The van der Waals surface area contributed by atoms with E-state index in [0.29, 0.717) is 43.2 Å². The number of aldehydes is 1. The van der Waals surface area contributed by atoms with Crippen molar-refractivity contribution >= 4 is 30.0 Å². The largest absolute Gasteiger partial charge is 0.494 e. The smallest absolute Gasteiger partial charge is 0.343 e. The van der Waals surface area contributed by atoms with Gasteiger partial charge in [-0.3, -0.25) is 9.59 Å². The van der Waals surface area contributed by atoms with Crippen LogP contribution < -0.4 is 18.9 Å². The minimum atomic E-state index is -0.653. The molecule has 0 N–H and O–H groups in total. The van der Waals surface area contributed by atoms with E-state index in [1.165, 1.54) is 50.5 Å². The summed E-state index contributed by atoms with van der Waals surface area (Å²) in [7, 11) is 0. The Bertz CT molecular complexity index is 1560. The van der Waals surface area contributed by atoms with Crippen molar-refractivity contribution in [2.45, 2.75) is 71.6 Å². The van der Waals surface area contributed by atoms with Crippen LogP contribution in [-0.2, 0) is 14.3 Å². The number of allylic oxidation sites excluding steroid dienone is 1. The number of benzene rings is 3. The van der Waals surface area contributed by atoms with Crippen molar-refractivity contribution in [3.8, 4) is 23.0 Å². The van der Waals surface area contributed by atoms with E-state index in [4.69, 9.17) is 23.7 Å². The van der Waals surface area contributed by atoms with Crippen LogP contribution >= 0.6 is 0 Å². The van der Waals surface area contributed by atoms with Gasteiger partial charge in [0.05, 0.1) is 36.5 Å². The van der Waals surface area contributed by atoms with Crippen molar-refractivity contribution in [1.82, 2.24) is 0 Å². The van der Waals surface area contributed by atoms with E-state index in [2.05, 4.69) is 20.1 Å². The number of carbonyl (C=O) groups excluding carboxylic acids is 5. The Balaban J connectivity index is 0.00000168. The molecule has 0 spiro atoms. The molecular weight excluding hydrogens is 652 g/mol. The third kappa shape index (κ3) is 17.1. The summed E-state index contributed by atoms with van der Waals surface area (Å²) in [4.78, 5) is 57.8. The zero-order valence-corrected chi connectivity index (χ0v) is 29.6. The molecule has 0 unspecified atom stereocenters. The van der Waals surface area contributed by atoms with Crippen LogP contribution in [0.5, 0.6) is 23.0 Å². The van der Waals surface area contributed by atoms with E-state index in [9.17, 15) is 24.0 Å². The molecule has 0 heterocycles. The van der Waals surface area contributed by atoms with Crippen LogP contribution in [-0.4, -0.2) is 49.8 Å². The molecule has 272 valence electrons. The molecule has 10 heteroatoms. The summed E-state index contributed by atoms with van der Waals surface area (Å²) in [6, 6.07) is 17.4. The molecule has 0 aliphatic heterocycles. The highest BCUT2D eigenvalue weighted by Crippen LogP contribution is 2.25. The lowest BCUT2D eigenvalue weighted by molar-refractivity contribution is -0.137. The molecule has 0 aliphatic rings. The van der Waals surface area contributed by atoms with Gasteiger partial charge in [0.1, 0.15) is 23.0 Å². The van der Waals surface area contributed by atoms with E-state index in [1.807, 2.05) is 0 Å². The Kier molecular flexibility index (Phi) is 20.1. The van der Waals surface area contributed by atoms with Crippen molar-refractivity contribution in [1.29, 1.82) is 0 Å². The van der Waals surface area contributed by atoms with E-state index in [0.717, 1.165) is 44.6 Å². The summed E-state index contributed by atoms with van der Waals surface area (Å²) < 4.78 is 27.3. The van der Waals surface area contributed by atoms with Crippen LogP contribution in [0.2, 0.25) is 0 Å². The van der Waals surface area contributed by atoms with Gasteiger partial charge in [-0.2, -0.15) is 0 Å². The topological polar surface area (TPSA) is 132 Å². The maximum Gasteiger partial charge on any atom is 0.343 e. The number of unbranched alkanes of at least 4 members (excludes halogenated alkanes) is 7. The molecule has 0 amide bonds. The predicted octanol–water partition coefficient (Wildman–Crippen LogP) is 8.72. The molecule has 0 aromatic heterocycles. The Morgan fingerprint density at radius 1 is 0.608 bits per heavy atom. The first-order chi connectivity index (χ1) is 24.7. The van der Waals surface area contributed by atoms with Crippen LogP contribution in [0.1, 0.15) is 103 Å². The minimum absolute atomic E-state index is 0.0185. The van der Waals surface area contributed by atoms with Gasteiger partial charge in [0.25, 0.3) is 0 Å². The zero-order valence-electron chi connectivity index (χ0n) is 29.6. The number of ketones is 1. The molecule has 3 rings (SSSR count). The lowest BCUT2D eigenvalue weighted by Gasteiger charge is -2.10. The van der Waals surface area contributed by atoms with Gasteiger partial charge >= 0.3 is 17.9 Å². The first-order valence-corrected chi connectivity index (χ1v) is 17.1. The summed E-state index contributed by atoms with van der Waals surface area (Å²) >= 11 is 0. The van der Waals surface area contributed by atoms with Crippen molar-refractivity contribution in [2.24, 2.45) is 0 Å². The summed E-state index contributed by atoms with van der Waals surface area (Å²) in [5, 5.41) is 0. The van der Waals surface area contributed by atoms with Gasteiger partial charge in [0, 0.05) is 6.08 Å². The molecule has 51 heavy (non-hydrogen) atoms. The van der Waals surface area contributed by atoms with Gasteiger partial charge in [-0.15, -0.1) is 0 Å². The lowest BCUT2D eigenvalue weighted by atomic mass is 10.2. The molecule has 0 saturated carbocycles. The fraction of sp³-hybridized carbons (Fsp3) is 0.341. The number of ether oxygens (including phenoxy) is 5. The van der Waals surface area contributed by atoms with E-state index >= 15 is 0 Å². The molecule has 0 fully saturated rings. The Hall–Kier alpha value is -5.51. The Morgan fingerprint density at radius 3 is 1.55 bits per heavy atom. The fourth-order valence-corrected chi connectivity index (χ4v) is 4.35. The van der Waals surface area contributed by atoms with E-state index in [1.54, 1.807) is 48.5 Å². The predicted molar refractivity (Wildman–Crippen MR) is 195 cm³/mol. The monoisotopic (exact) mass is 700 g/mol. The van der Waals surface area contributed by atoms with Crippen molar-refractivity contribution in [2.75, 3.05) is 19.8 Å². The third-order valence-electron chi connectivity index (χ3n) is 7.22. The molecule has 0 atom stereocenters. The van der Waals surface area contributed by atoms with Crippen LogP contribution in [0.25, 0.3) is 0 Å². The van der Waals surface area contributed by atoms with Gasteiger partial charge in [0.15, 0.2) is 12.1 Å². The van der Waals surface area contributed by atoms with Gasteiger partial charge in [-0.05, 0) is 112 Å². The maximum absolute atomic E-state index is 12.7. The highest BCUT2D eigenvalue weighted by Gasteiger charge is 2.15. The molecular formula is C41H48O10. The van der Waals surface area contributed by atoms with Gasteiger partial charge < -0.3 is 23.7 Å². The maximum atomic E-state index is 12.7. The SMILES string of the molecule is C=CC(=O)OCCCCCCOc1ccc(C(=O)Oc2ccc(OC(=O)c3ccc(OCCCCCCC)cc3)cc2C=O)cc1.C=CC(C)=O. The van der Waals surface area contributed by atoms with Crippen LogP contribution in [0, 0.1) is 0 Å². The molecule has 0 radical (unpaired) electrons. The number of rotatable bonds is 22. The molecule has 3 aromatic rings. The minimum Gasteiger partial charge on any atom is -0.494 e. The quantitative estimate of drug-likeness (QED) is 0.0330. The summed E-state index contributed by atoms with van der Waals surface area (Å²) in [6.45, 7) is 11.7. The van der Waals surface area contributed by atoms with Crippen LogP contribution in [0.15, 0.2) is 92.0 Å². The second-order valence-electron chi connectivity index (χ2n) is 11.4. The second-order valence-corrected chi connectivity index (χ2v) is 11.4. The number of hydrogen-bond donors (Lipinski definition) is 0. The lowest BCUT2D eigenvalue weighted by Crippen LogP contribution is -2.11. The Labute approximate surface area is 300 Å². The average molecular weight is 701 g/mol. The van der Waals surface area contributed by atoms with Gasteiger partial charge in [-0.1, -0.05) is 45.8 Å². The number of esters is 3. The highest BCUT2D eigenvalue weighted by molar-refractivity contribution is 5.94. The number of hydrogen-bond acceptors (Lipinski definition) is 10. The summed E-state index contributed by atoms with van der Waals surface area (Å²) in [5.74, 6) is -0.184. The standard InChI is InChI=1S/C37H42O9.C4H6O/c1-3-5-6-7-10-23-42-31-17-13-28(14-18-31)36(40)45-33-21-22-34(30(26-33)27-38)46-37(41)29-15-19-32(20-16-29)43-24-11-8-9-12-25-44-35(39)4-2;1-3-4(2)5/h4,13-22,26-27H,2-3,5-12,23-25H2,1H3;3H,1H2,2H3. The molecule has 0 bridgehead atoms.